The number of piperazine rings is 1. The van der Waals surface area contributed by atoms with E-state index in [2.05, 4.69) is 0 Å². The molecule has 2 aliphatic rings. The van der Waals surface area contributed by atoms with Crippen molar-refractivity contribution in [3.63, 3.8) is 0 Å². The first-order valence-electron chi connectivity index (χ1n) is 7.54. The van der Waals surface area contributed by atoms with E-state index in [0.29, 0.717) is 38.5 Å². The highest BCUT2D eigenvalue weighted by molar-refractivity contribution is 5.80. The summed E-state index contributed by atoms with van der Waals surface area (Å²) in [5.41, 5.74) is 0.626. The average Bonchev–Trinajstić information content (AvgIpc) is 3.01. The van der Waals surface area contributed by atoms with Gasteiger partial charge in [0.2, 0.25) is 5.91 Å². The van der Waals surface area contributed by atoms with Crippen molar-refractivity contribution in [1.29, 1.82) is 0 Å². The number of halogens is 1. The Kier molecular flexibility index (Phi) is 4.10. The van der Waals surface area contributed by atoms with E-state index in [4.69, 9.17) is 4.74 Å². The molecule has 3 rings (SSSR count). The molecule has 21 heavy (non-hydrogen) atoms. The van der Waals surface area contributed by atoms with Gasteiger partial charge in [0.05, 0.1) is 18.2 Å². The van der Waals surface area contributed by atoms with Crippen molar-refractivity contribution in [1.82, 2.24) is 4.90 Å². The van der Waals surface area contributed by atoms with Gasteiger partial charge in [-0.05, 0) is 25.5 Å². The molecule has 1 amide bonds. The molecule has 0 spiro atoms. The largest absolute Gasteiger partial charge is 0.381 e. The first-order valence-corrected chi connectivity index (χ1v) is 7.54. The molecular formula is C16H21FN2O2. The van der Waals surface area contributed by atoms with Gasteiger partial charge in [0.25, 0.3) is 0 Å². The molecule has 0 aliphatic carbocycles. The number of para-hydroxylation sites is 1. The minimum atomic E-state index is -0.200. The summed E-state index contributed by atoms with van der Waals surface area (Å²) in [6.45, 7) is 5.23. The third-order valence-corrected chi connectivity index (χ3v) is 4.38. The number of hydrogen-bond donors (Lipinski definition) is 0. The van der Waals surface area contributed by atoms with Crippen LogP contribution in [0.5, 0.6) is 0 Å². The van der Waals surface area contributed by atoms with Crippen LogP contribution >= 0.6 is 0 Å². The number of benzene rings is 1. The lowest BCUT2D eigenvalue weighted by Crippen LogP contribution is -2.55. The molecule has 2 aliphatic heterocycles. The molecule has 0 N–H and O–H groups in total. The number of carbonyl (C=O) groups is 1. The van der Waals surface area contributed by atoms with Gasteiger partial charge in [-0.25, -0.2) is 4.39 Å². The molecule has 2 fully saturated rings. The normalized spacial score (nSPS) is 26.2. The highest BCUT2D eigenvalue weighted by atomic mass is 19.1. The molecule has 0 saturated carbocycles. The lowest BCUT2D eigenvalue weighted by Gasteiger charge is -2.41. The van der Waals surface area contributed by atoms with E-state index in [9.17, 15) is 9.18 Å². The second-order valence-corrected chi connectivity index (χ2v) is 5.84. The van der Waals surface area contributed by atoms with Crippen molar-refractivity contribution in [2.75, 3.05) is 37.7 Å². The Labute approximate surface area is 124 Å². The van der Waals surface area contributed by atoms with E-state index < -0.39 is 0 Å². The number of amides is 1. The van der Waals surface area contributed by atoms with Gasteiger partial charge < -0.3 is 14.5 Å². The maximum absolute atomic E-state index is 13.9. The van der Waals surface area contributed by atoms with Gasteiger partial charge in [0.1, 0.15) is 5.82 Å². The van der Waals surface area contributed by atoms with E-state index in [1.807, 2.05) is 22.8 Å². The van der Waals surface area contributed by atoms with Gasteiger partial charge in [-0.2, -0.15) is 0 Å². The summed E-state index contributed by atoms with van der Waals surface area (Å²) >= 11 is 0. The summed E-state index contributed by atoms with van der Waals surface area (Å²) in [4.78, 5) is 16.4. The Hall–Kier alpha value is -1.62. The van der Waals surface area contributed by atoms with Crippen LogP contribution < -0.4 is 4.90 Å². The van der Waals surface area contributed by atoms with Crippen molar-refractivity contribution in [2.24, 2.45) is 5.92 Å². The number of rotatable bonds is 2. The quantitative estimate of drug-likeness (QED) is 0.834. The summed E-state index contributed by atoms with van der Waals surface area (Å²) in [7, 11) is 0. The SMILES string of the molecule is C[C@H]1CN(c2ccccc2F)CCN1C(=O)[C@@H]1CCOC1. The molecular weight excluding hydrogens is 271 g/mol. The van der Waals surface area contributed by atoms with E-state index in [1.54, 1.807) is 12.1 Å². The van der Waals surface area contributed by atoms with Crippen LogP contribution in [0.25, 0.3) is 0 Å². The van der Waals surface area contributed by atoms with Crippen LogP contribution in [0.1, 0.15) is 13.3 Å². The van der Waals surface area contributed by atoms with Crippen LogP contribution in [0.3, 0.4) is 0 Å². The van der Waals surface area contributed by atoms with Crippen LogP contribution in [0.2, 0.25) is 0 Å². The maximum atomic E-state index is 13.9. The van der Waals surface area contributed by atoms with Crippen LogP contribution in [-0.4, -0.2) is 49.7 Å². The van der Waals surface area contributed by atoms with Crippen molar-refractivity contribution in [3.8, 4) is 0 Å². The zero-order valence-electron chi connectivity index (χ0n) is 12.3. The minimum absolute atomic E-state index is 0.00691. The third-order valence-electron chi connectivity index (χ3n) is 4.38. The minimum Gasteiger partial charge on any atom is -0.381 e. The van der Waals surface area contributed by atoms with Gasteiger partial charge in [-0.1, -0.05) is 12.1 Å². The Morgan fingerprint density at radius 3 is 2.81 bits per heavy atom. The second kappa shape index (κ2) is 6.02. The van der Waals surface area contributed by atoms with Gasteiger partial charge in [-0.15, -0.1) is 0 Å². The Morgan fingerprint density at radius 2 is 2.14 bits per heavy atom. The molecule has 4 nitrogen and oxygen atoms in total. The number of carbonyl (C=O) groups excluding carboxylic acids is 1. The van der Waals surface area contributed by atoms with Crippen molar-refractivity contribution >= 4 is 11.6 Å². The number of anilines is 1. The summed E-state index contributed by atoms with van der Waals surface area (Å²) in [6, 6.07) is 6.91. The molecule has 1 aromatic carbocycles. The first kappa shape index (κ1) is 14.3. The molecule has 0 radical (unpaired) electrons. The molecule has 0 aromatic heterocycles. The topological polar surface area (TPSA) is 32.8 Å². The predicted octanol–water partition coefficient (Wildman–Crippen LogP) is 1.90. The molecule has 0 bridgehead atoms. The standard InChI is InChI=1S/C16H21FN2O2/c1-12-10-18(15-5-3-2-4-14(15)17)7-8-19(12)16(20)13-6-9-21-11-13/h2-5,12-13H,6-11H2,1H3/t12-,13+/m0/s1. The van der Waals surface area contributed by atoms with Gasteiger partial charge in [0.15, 0.2) is 0 Å². The lowest BCUT2D eigenvalue weighted by molar-refractivity contribution is -0.137. The second-order valence-electron chi connectivity index (χ2n) is 5.84. The monoisotopic (exact) mass is 292 g/mol. The predicted molar refractivity (Wildman–Crippen MR) is 78.7 cm³/mol. The van der Waals surface area contributed by atoms with Gasteiger partial charge >= 0.3 is 0 Å². The zero-order valence-corrected chi connectivity index (χ0v) is 12.3. The number of hydrogen-bond acceptors (Lipinski definition) is 3. The van der Waals surface area contributed by atoms with Crippen LogP contribution in [0, 0.1) is 11.7 Å². The average molecular weight is 292 g/mol. The Morgan fingerprint density at radius 1 is 1.33 bits per heavy atom. The smallest absolute Gasteiger partial charge is 0.228 e. The lowest BCUT2D eigenvalue weighted by atomic mass is 10.0. The number of ether oxygens (including phenoxy) is 1. The van der Waals surface area contributed by atoms with Crippen molar-refractivity contribution in [3.05, 3.63) is 30.1 Å². The number of nitrogens with zero attached hydrogens (tertiary/aromatic N) is 2. The molecule has 2 heterocycles. The van der Waals surface area contributed by atoms with Crippen molar-refractivity contribution in [2.45, 2.75) is 19.4 Å². The molecule has 114 valence electrons. The van der Waals surface area contributed by atoms with Crippen molar-refractivity contribution < 1.29 is 13.9 Å². The van der Waals surface area contributed by atoms with E-state index in [1.165, 1.54) is 6.07 Å². The summed E-state index contributed by atoms with van der Waals surface area (Å²) < 4.78 is 19.2. The fourth-order valence-electron chi connectivity index (χ4n) is 3.18. The third kappa shape index (κ3) is 2.88. The van der Waals surface area contributed by atoms with Gasteiger partial charge in [-0.3, -0.25) is 4.79 Å². The molecule has 2 saturated heterocycles. The summed E-state index contributed by atoms with van der Waals surface area (Å²) in [6.07, 6.45) is 0.819. The zero-order chi connectivity index (χ0) is 14.8. The van der Waals surface area contributed by atoms with Crippen LogP contribution in [-0.2, 0) is 9.53 Å². The first-order chi connectivity index (χ1) is 10.2. The highest BCUT2D eigenvalue weighted by Gasteiger charge is 2.34. The molecule has 0 unspecified atom stereocenters. The fourth-order valence-corrected chi connectivity index (χ4v) is 3.18. The molecule has 1 aromatic rings. The maximum Gasteiger partial charge on any atom is 0.228 e. The highest BCUT2D eigenvalue weighted by Crippen LogP contribution is 2.24. The molecule has 5 heteroatoms. The fraction of sp³-hybridized carbons (Fsp3) is 0.562. The van der Waals surface area contributed by atoms with Gasteiger partial charge in [0, 0.05) is 32.3 Å². The molecule has 2 atom stereocenters. The summed E-state index contributed by atoms with van der Waals surface area (Å²) in [5.74, 6) is -0.00526. The van der Waals surface area contributed by atoms with E-state index in [-0.39, 0.29) is 23.7 Å². The Balaban J connectivity index is 1.67. The van der Waals surface area contributed by atoms with Crippen LogP contribution in [0.4, 0.5) is 10.1 Å². The van der Waals surface area contributed by atoms with E-state index >= 15 is 0 Å². The van der Waals surface area contributed by atoms with Crippen LogP contribution in [0.15, 0.2) is 24.3 Å². The van der Waals surface area contributed by atoms with E-state index in [0.717, 1.165) is 6.42 Å². The Bertz CT molecular complexity index is 517. The summed E-state index contributed by atoms with van der Waals surface area (Å²) in [5, 5.41) is 0.